The summed E-state index contributed by atoms with van der Waals surface area (Å²) in [6, 6.07) is 8.66. The lowest BCUT2D eigenvalue weighted by molar-refractivity contribution is 0.0957. The Morgan fingerprint density at radius 2 is 1.88 bits per heavy atom. The Morgan fingerprint density at radius 1 is 1.23 bits per heavy atom. The molecule has 3 rings (SSSR count). The number of nitrogens with one attached hydrogen (secondary N) is 2. The summed E-state index contributed by atoms with van der Waals surface area (Å²) in [5.74, 6) is -0.790. The van der Waals surface area contributed by atoms with Crippen molar-refractivity contribution in [3.63, 3.8) is 0 Å². The maximum Gasteiger partial charge on any atom is 0.270 e. The zero-order valence-electron chi connectivity index (χ0n) is 13.7. The van der Waals surface area contributed by atoms with Gasteiger partial charge in [-0.3, -0.25) is 9.52 Å². The number of nitrogens with zero attached hydrogens (tertiary/aromatic N) is 2. The summed E-state index contributed by atoms with van der Waals surface area (Å²) in [5.41, 5.74) is 1.45. The van der Waals surface area contributed by atoms with Crippen molar-refractivity contribution in [3.8, 4) is 5.69 Å². The molecule has 0 aliphatic rings. The molecule has 2 N–H and O–H groups in total. The molecule has 1 amide bonds. The summed E-state index contributed by atoms with van der Waals surface area (Å²) in [7, 11) is -1.99. The van der Waals surface area contributed by atoms with Crippen LogP contribution in [0.15, 0.2) is 40.9 Å². The van der Waals surface area contributed by atoms with Crippen LogP contribution >= 0.6 is 15.9 Å². The highest BCUT2D eigenvalue weighted by Gasteiger charge is 2.21. The van der Waals surface area contributed by atoms with Gasteiger partial charge in [0.2, 0.25) is 10.0 Å². The number of hydrogen-bond donors (Lipinski definition) is 2. The van der Waals surface area contributed by atoms with Gasteiger partial charge in [-0.1, -0.05) is 0 Å². The lowest BCUT2D eigenvalue weighted by atomic mass is 10.2. The van der Waals surface area contributed by atoms with Crippen molar-refractivity contribution >= 4 is 48.5 Å². The molecule has 0 aliphatic heterocycles. The number of sulfonamides is 1. The third-order valence-electron chi connectivity index (χ3n) is 3.57. The van der Waals surface area contributed by atoms with Crippen LogP contribution in [0.2, 0.25) is 0 Å². The number of anilines is 1. The summed E-state index contributed by atoms with van der Waals surface area (Å²) >= 11 is 3.31. The molecule has 10 heteroatoms. The first-order valence-corrected chi connectivity index (χ1v) is 10.1. The van der Waals surface area contributed by atoms with Crippen molar-refractivity contribution in [3.05, 3.63) is 52.4 Å². The molecule has 0 radical (unpaired) electrons. The fourth-order valence-electron chi connectivity index (χ4n) is 2.49. The van der Waals surface area contributed by atoms with Crippen LogP contribution in [0, 0.1) is 5.82 Å². The van der Waals surface area contributed by atoms with Crippen LogP contribution in [0.4, 0.5) is 10.1 Å². The SMILES string of the molecule is CNC(=O)c1c2cc(Br)c(NS(C)(=O)=O)cc2nn1-c1ccc(F)cc1. The van der Waals surface area contributed by atoms with E-state index in [1.165, 1.54) is 42.1 Å². The molecule has 0 unspecified atom stereocenters. The van der Waals surface area contributed by atoms with Crippen LogP contribution in [0.3, 0.4) is 0 Å². The van der Waals surface area contributed by atoms with Gasteiger partial charge in [-0.25, -0.2) is 17.5 Å². The van der Waals surface area contributed by atoms with E-state index in [-0.39, 0.29) is 11.6 Å². The lowest BCUT2D eigenvalue weighted by Crippen LogP contribution is -2.21. The second kappa shape index (κ2) is 6.69. The largest absolute Gasteiger partial charge is 0.354 e. The van der Waals surface area contributed by atoms with Crippen LogP contribution < -0.4 is 10.0 Å². The molecular weight excluding hydrogens is 427 g/mol. The second-order valence-corrected chi connectivity index (χ2v) is 8.14. The van der Waals surface area contributed by atoms with Crippen molar-refractivity contribution in [1.29, 1.82) is 0 Å². The van der Waals surface area contributed by atoms with Crippen LogP contribution in [0.1, 0.15) is 10.5 Å². The molecule has 136 valence electrons. The maximum absolute atomic E-state index is 13.2. The van der Waals surface area contributed by atoms with E-state index in [9.17, 15) is 17.6 Å². The summed E-state index contributed by atoms with van der Waals surface area (Å²) in [6.07, 6.45) is 1.04. The van der Waals surface area contributed by atoms with Gasteiger partial charge in [0.05, 0.1) is 23.1 Å². The quantitative estimate of drug-likeness (QED) is 0.651. The summed E-state index contributed by atoms with van der Waals surface area (Å²) in [4.78, 5) is 12.4. The van der Waals surface area contributed by atoms with E-state index in [2.05, 4.69) is 31.1 Å². The Labute approximate surface area is 157 Å². The normalized spacial score (nSPS) is 11.5. The van der Waals surface area contributed by atoms with Gasteiger partial charge in [0, 0.05) is 16.9 Å². The number of fused-ring (bicyclic) bond motifs is 1. The minimum Gasteiger partial charge on any atom is -0.354 e. The monoisotopic (exact) mass is 440 g/mol. The average Bonchev–Trinajstić information content (AvgIpc) is 2.92. The van der Waals surface area contributed by atoms with Gasteiger partial charge >= 0.3 is 0 Å². The lowest BCUT2D eigenvalue weighted by Gasteiger charge is -2.07. The fraction of sp³-hybridized carbons (Fsp3) is 0.125. The molecule has 0 aliphatic carbocycles. The number of aromatic nitrogens is 2. The Morgan fingerprint density at radius 3 is 2.46 bits per heavy atom. The Kier molecular flexibility index (Phi) is 4.72. The van der Waals surface area contributed by atoms with Gasteiger partial charge in [0.15, 0.2) is 0 Å². The van der Waals surface area contributed by atoms with E-state index >= 15 is 0 Å². The maximum atomic E-state index is 13.2. The first-order chi connectivity index (χ1) is 12.2. The average molecular weight is 441 g/mol. The standard InChI is InChI=1S/C16H14BrFN4O3S/c1-19-16(23)15-11-7-12(17)14(21-26(2,24)25)8-13(11)20-22(15)10-5-3-9(18)4-6-10/h3-8,21H,1-2H3,(H,19,23). The van der Waals surface area contributed by atoms with E-state index in [4.69, 9.17) is 0 Å². The zero-order chi connectivity index (χ0) is 19.1. The van der Waals surface area contributed by atoms with Gasteiger partial charge < -0.3 is 5.32 Å². The van der Waals surface area contributed by atoms with Crippen molar-refractivity contribution in [2.75, 3.05) is 18.0 Å². The molecule has 0 atom stereocenters. The minimum absolute atomic E-state index is 0.251. The molecule has 0 bridgehead atoms. The number of carbonyl (C=O) groups excluding carboxylic acids is 1. The van der Waals surface area contributed by atoms with Gasteiger partial charge in [-0.2, -0.15) is 5.10 Å². The smallest absolute Gasteiger partial charge is 0.270 e. The molecule has 3 aromatic rings. The fourth-order valence-corrected chi connectivity index (χ4v) is 3.63. The van der Waals surface area contributed by atoms with Crippen LogP contribution in [0.25, 0.3) is 16.6 Å². The molecule has 0 saturated heterocycles. The number of amides is 1. The third-order valence-corrected chi connectivity index (χ3v) is 4.82. The number of rotatable bonds is 4. The Hall–Kier alpha value is -2.46. The van der Waals surface area contributed by atoms with Crippen molar-refractivity contribution in [2.45, 2.75) is 0 Å². The first-order valence-electron chi connectivity index (χ1n) is 7.37. The van der Waals surface area contributed by atoms with Gasteiger partial charge in [0.25, 0.3) is 5.91 Å². The number of benzene rings is 2. The third kappa shape index (κ3) is 3.56. The van der Waals surface area contributed by atoms with Gasteiger partial charge in [-0.05, 0) is 52.3 Å². The van der Waals surface area contributed by atoms with E-state index in [0.29, 0.717) is 26.8 Å². The second-order valence-electron chi connectivity index (χ2n) is 5.54. The van der Waals surface area contributed by atoms with E-state index in [1.807, 2.05) is 0 Å². The molecule has 26 heavy (non-hydrogen) atoms. The summed E-state index contributed by atoms with van der Waals surface area (Å²) in [5, 5.41) is 7.46. The predicted octanol–water partition coefficient (Wildman–Crippen LogP) is 2.66. The Bertz CT molecular complexity index is 1110. The topological polar surface area (TPSA) is 93.1 Å². The predicted molar refractivity (Wildman–Crippen MR) is 101 cm³/mol. The Balaban J connectivity index is 2.27. The molecule has 2 aromatic carbocycles. The van der Waals surface area contributed by atoms with Gasteiger partial charge in [-0.15, -0.1) is 0 Å². The molecule has 1 heterocycles. The molecule has 0 fully saturated rings. The molecule has 7 nitrogen and oxygen atoms in total. The van der Waals surface area contributed by atoms with Crippen molar-refractivity contribution < 1.29 is 17.6 Å². The zero-order valence-corrected chi connectivity index (χ0v) is 16.1. The molecule has 0 saturated carbocycles. The van der Waals surface area contributed by atoms with Crippen molar-refractivity contribution in [1.82, 2.24) is 15.1 Å². The van der Waals surface area contributed by atoms with Crippen molar-refractivity contribution in [2.24, 2.45) is 0 Å². The van der Waals surface area contributed by atoms with E-state index < -0.39 is 15.8 Å². The van der Waals surface area contributed by atoms with Gasteiger partial charge in [0.1, 0.15) is 11.5 Å². The highest BCUT2D eigenvalue weighted by Crippen LogP contribution is 2.31. The first kappa shape index (κ1) is 18.3. The molecule has 0 spiro atoms. The molecular formula is C16H14BrFN4O3S. The van der Waals surface area contributed by atoms with Crippen LogP contribution in [0.5, 0.6) is 0 Å². The number of hydrogen-bond acceptors (Lipinski definition) is 4. The van der Waals surface area contributed by atoms with Crippen LogP contribution in [-0.4, -0.2) is 37.4 Å². The van der Waals surface area contributed by atoms with E-state index in [0.717, 1.165) is 6.26 Å². The van der Waals surface area contributed by atoms with Crippen LogP contribution in [-0.2, 0) is 10.0 Å². The van der Waals surface area contributed by atoms with E-state index in [1.54, 1.807) is 6.07 Å². The number of halogens is 2. The highest BCUT2D eigenvalue weighted by atomic mass is 79.9. The number of carbonyl (C=O) groups is 1. The molecule has 1 aromatic heterocycles. The summed E-state index contributed by atoms with van der Waals surface area (Å²) < 4.78 is 40.5. The minimum atomic E-state index is -3.49. The highest BCUT2D eigenvalue weighted by molar-refractivity contribution is 9.10. The summed E-state index contributed by atoms with van der Waals surface area (Å²) in [6.45, 7) is 0.